The number of carbonyl (C=O) groups is 1. The van der Waals surface area contributed by atoms with E-state index in [1.807, 2.05) is 0 Å². The number of thioether (sulfide) groups is 1. The molecule has 0 bridgehead atoms. The van der Waals surface area contributed by atoms with Gasteiger partial charge in [0.15, 0.2) is 0 Å². The van der Waals surface area contributed by atoms with E-state index in [-0.39, 0.29) is 24.1 Å². The monoisotopic (exact) mass is 309 g/mol. The second-order valence-electron chi connectivity index (χ2n) is 3.44. The second-order valence-corrected chi connectivity index (χ2v) is 5.01. The van der Waals surface area contributed by atoms with Crippen molar-refractivity contribution in [3.63, 3.8) is 0 Å². The van der Waals surface area contributed by atoms with Gasteiger partial charge in [-0.15, -0.1) is 0 Å². The summed E-state index contributed by atoms with van der Waals surface area (Å²) in [5.74, 6) is -0.669. The molecule has 1 amide bonds. The third kappa shape index (κ3) is 7.12. The van der Waals surface area contributed by atoms with Crippen LogP contribution in [0.15, 0.2) is 30.3 Å². The van der Waals surface area contributed by atoms with Gasteiger partial charge in [0, 0.05) is 23.4 Å². The molecule has 104 valence electrons. The molecule has 2 nitrogen and oxygen atoms in total. The van der Waals surface area contributed by atoms with Crippen molar-refractivity contribution in [1.82, 2.24) is 5.32 Å². The fourth-order valence-electron chi connectivity index (χ4n) is 1.18. The summed E-state index contributed by atoms with van der Waals surface area (Å²) in [6.45, 7) is -0.0458. The van der Waals surface area contributed by atoms with Gasteiger partial charge in [-0.3, -0.25) is 4.79 Å². The Bertz CT molecular complexity index is 463. The van der Waals surface area contributed by atoms with Gasteiger partial charge in [0.2, 0.25) is 5.91 Å². The van der Waals surface area contributed by atoms with Gasteiger partial charge >= 0.3 is 5.51 Å². The summed E-state index contributed by atoms with van der Waals surface area (Å²) in [7, 11) is 0. The third-order valence-corrected chi connectivity index (χ3v) is 3.07. The first-order chi connectivity index (χ1) is 8.88. The number of halogens is 4. The highest BCUT2D eigenvalue weighted by molar-refractivity contribution is 8.00. The van der Waals surface area contributed by atoms with Crippen LogP contribution < -0.4 is 5.32 Å². The summed E-state index contributed by atoms with van der Waals surface area (Å²) in [5.41, 5.74) is -3.60. The van der Waals surface area contributed by atoms with E-state index in [0.717, 1.165) is 0 Å². The fourth-order valence-corrected chi connectivity index (χ4v) is 1.81. The Morgan fingerprint density at radius 3 is 2.68 bits per heavy atom. The van der Waals surface area contributed by atoms with Crippen molar-refractivity contribution in [3.8, 4) is 0 Å². The van der Waals surface area contributed by atoms with Crippen LogP contribution >= 0.6 is 23.4 Å². The minimum atomic E-state index is -4.27. The Labute approximate surface area is 118 Å². The summed E-state index contributed by atoms with van der Waals surface area (Å²) < 4.78 is 35.4. The smallest absolute Gasteiger partial charge is 0.352 e. The maximum Gasteiger partial charge on any atom is 0.441 e. The molecule has 0 saturated carbocycles. The lowest BCUT2D eigenvalue weighted by Gasteiger charge is -2.05. The lowest BCUT2D eigenvalue weighted by atomic mass is 10.2. The van der Waals surface area contributed by atoms with Crippen LogP contribution in [0.4, 0.5) is 13.2 Å². The number of hydrogen-bond acceptors (Lipinski definition) is 2. The minimum Gasteiger partial charge on any atom is -0.352 e. The molecule has 0 unspecified atom stereocenters. The number of rotatable bonds is 5. The van der Waals surface area contributed by atoms with Crippen molar-refractivity contribution < 1.29 is 18.0 Å². The molecule has 0 spiro atoms. The molecular formula is C12H11ClF3NOS. The Hall–Kier alpha value is -1.14. The first-order valence-electron chi connectivity index (χ1n) is 5.29. The number of nitrogens with one attached hydrogen (secondary N) is 1. The molecule has 19 heavy (non-hydrogen) atoms. The van der Waals surface area contributed by atoms with Gasteiger partial charge in [0.25, 0.3) is 0 Å². The van der Waals surface area contributed by atoms with E-state index < -0.39 is 11.4 Å². The number of alkyl halides is 3. The molecule has 0 heterocycles. The maximum absolute atomic E-state index is 11.8. The topological polar surface area (TPSA) is 29.1 Å². The zero-order valence-corrected chi connectivity index (χ0v) is 11.3. The van der Waals surface area contributed by atoms with Crippen LogP contribution in [0.3, 0.4) is 0 Å². The lowest BCUT2D eigenvalue weighted by Crippen LogP contribution is -2.24. The fraction of sp³-hybridized carbons (Fsp3) is 0.250. The SMILES string of the molecule is O=C(/C=C/c1ccccc1Cl)NCCSC(F)(F)F. The van der Waals surface area contributed by atoms with Crippen molar-refractivity contribution in [2.24, 2.45) is 0 Å². The molecular weight excluding hydrogens is 299 g/mol. The maximum atomic E-state index is 11.8. The molecule has 1 aromatic carbocycles. The van der Waals surface area contributed by atoms with Gasteiger partial charge in [-0.1, -0.05) is 29.8 Å². The average Bonchev–Trinajstić information content (AvgIpc) is 2.32. The highest BCUT2D eigenvalue weighted by atomic mass is 35.5. The van der Waals surface area contributed by atoms with Crippen LogP contribution in [-0.4, -0.2) is 23.7 Å². The molecule has 7 heteroatoms. The van der Waals surface area contributed by atoms with Crippen molar-refractivity contribution in [2.75, 3.05) is 12.3 Å². The van der Waals surface area contributed by atoms with Crippen molar-refractivity contribution >= 4 is 35.3 Å². The molecule has 0 aliphatic rings. The minimum absolute atomic E-state index is 0.0458. The molecule has 0 aromatic heterocycles. The normalized spacial score (nSPS) is 11.8. The van der Waals surface area contributed by atoms with Gasteiger partial charge < -0.3 is 5.32 Å². The summed E-state index contributed by atoms with van der Waals surface area (Å²) in [4.78, 5) is 11.3. The number of benzene rings is 1. The summed E-state index contributed by atoms with van der Waals surface area (Å²) >= 11 is 5.71. The molecule has 0 radical (unpaired) electrons. The van der Waals surface area contributed by atoms with Gasteiger partial charge in [0.1, 0.15) is 0 Å². The van der Waals surface area contributed by atoms with Crippen molar-refractivity contribution in [2.45, 2.75) is 5.51 Å². The van der Waals surface area contributed by atoms with Crippen LogP contribution in [0, 0.1) is 0 Å². The lowest BCUT2D eigenvalue weighted by molar-refractivity contribution is -0.116. The highest BCUT2D eigenvalue weighted by Gasteiger charge is 2.27. The van der Waals surface area contributed by atoms with Crippen LogP contribution in [0.1, 0.15) is 5.56 Å². The standard InChI is InChI=1S/C12H11ClF3NOS/c13-10-4-2-1-3-9(10)5-6-11(18)17-7-8-19-12(14,15)16/h1-6H,7-8H2,(H,17,18)/b6-5+. The van der Waals surface area contributed by atoms with Crippen molar-refractivity contribution in [1.29, 1.82) is 0 Å². The van der Waals surface area contributed by atoms with E-state index >= 15 is 0 Å². The molecule has 1 rings (SSSR count). The van der Waals surface area contributed by atoms with Crippen LogP contribution in [0.2, 0.25) is 5.02 Å². The Balaban J connectivity index is 2.34. The largest absolute Gasteiger partial charge is 0.441 e. The predicted octanol–water partition coefficient (Wildman–Crippen LogP) is 3.72. The number of carbonyl (C=O) groups excluding carboxylic acids is 1. The van der Waals surface area contributed by atoms with Crippen molar-refractivity contribution in [3.05, 3.63) is 40.9 Å². The first-order valence-corrected chi connectivity index (χ1v) is 6.66. The van der Waals surface area contributed by atoms with E-state index in [9.17, 15) is 18.0 Å². The van der Waals surface area contributed by atoms with E-state index in [1.54, 1.807) is 24.3 Å². The van der Waals surface area contributed by atoms with Gasteiger partial charge in [-0.2, -0.15) is 13.2 Å². The number of hydrogen-bond donors (Lipinski definition) is 1. The Morgan fingerprint density at radius 1 is 1.37 bits per heavy atom. The van der Waals surface area contributed by atoms with E-state index in [2.05, 4.69) is 5.32 Å². The highest BCUT2D eigenvalue weighted by Crippen LogP contribution is 2.29. The first kappa shape index (κ1) is 15.9. The summed E-state index contributed by atoms with van der Waals surface area (Å²) in [6.07, 6.45) is 2.74. The van der Waals surface area contributed by atoms with Crippen LogP contribution in [-0.2, 0) is 4.79 Å². The molecule has 1 aromatic rings. The molecule has 1 N–H and O–H groups in total. The quantitative estimate of drug-likeness (QED) is 0.663. The summed E-state index contributed by atoms with van der Waals surface area (Å²) in [5, 5.41) is 2.85. The van der Waals surface area contributed by atoms with Gasteiger partial charge in [-0.25, -0.2) is 0 Å². The zero-order valence-electron chi connectivity index (χ0n) is 9.71. The van der Waals surface area contributed by atoms with E-state index in [4.69, 9.17) is 11.6 Å². The molecule has 0 atom stereocenters. The molecule has 0 fully saturated rings. The van der Waals surface area contributed by atoms with E-state index in [0.29, 0.717) is 10.6 Å². The zero-order chi connectivity index (χ0) is 14.3. The van der Waals surface area contributed by atoms with Gasteiger partial charge in [0.05, 0.1) is 0 Å². The second kappa shape index (κ2) is 7.45. The Kier molecular flexibility index (Phi) is 6.24. The van der Waals surface area contributed by atoms with Gasteiger partial charge in [-0.05, 0) is 29.5 Å². The predicted molar refractivity (Wildman–Crippen MR) is 72.0 cm³/mol. The van der Waals surface area contributed by atoms with E-state index in [1.165, 1.54) is 12.2 Å². The molecule has 0 aliphatic heterocycles. The summed E-state index contributed by atoms with van der Waals surface area (Å²) in [6, 6.07) is 6.93. The van der Waals surface area contributed by atoms with Crippen LogP contribution in [0.25, 0.3) is 6.08 Å². The average molecular weight is 310 g/mol. The molecule has 0 aliphatic carbocycles. The Morgan fingerprint density at radius 2 is 2.05 bits per heavy atom. The number of amides is 1. The van der Waals surface area contributed by atoms with Crippen LogP contribution in [0.5, 0.6) is 0 Å². The molecule has 0 saturated heterocycles. The third-order valence-electron chi connectivity index (χ3n) is 1.99.